The van der Waals surface area contributed by atoms with Crippen LogP contribution < -0.4 is 10.1 Å². The molecule has 0 spiro atoms. The third kappa shape index (κ3) is 5.07. The summed E-state index contributed by atoms with van der Waals surface area (Å²) in [4.78, 5) is 27.6. The summed E-state index contributed by atoms with van der Waals surface area (Å²) >= 11 is 0. The first-order valence-corrected chi connectivity index (χ1v) is 8.07. The minimum Gasteiger partial charge on any atom is -0.494 e. The Morgan fingerprint density at radius 3 is 2.48 bits per heavy atom. The van der Waals surface area contributed by atoms with Crippen molar-refractivity contribution in [3.63, 3.8) is 0 Å². The van der Waals surface area contributed by atoms with Crippen LogP contribution >= 0.6 is 0 Å². The van der Waals surface area contributed by atoms with Gasteiger partial charge in [0, 0.05) is 13.5 Å². The molecular weight excluding hydrogens is 324 g/mol. The number of ether oxygens (including phenoxy) is 1. The lowest BCUT2D eigenvalue weighted by Gasteiger charge is -2.13. The Hall–Kier alpha value is -2.83. The lowest BCUT2D eigenvalue weighted by molar-refractivity contribution is -0.141. The molecule has 1 heterocycles. The average Bonchev–Trinajstić information content (AvgIpc) is 2.91. The van der Waals surface area contributed by atoms with Crippen LogP contribution in [0.2, 0.25) is 0 Å². The topological polar surface area (TPSA) is 102 Å². The molecular formula is C18H22N2O5. The van der Waals surface area contributed by atoms with E-state index in [4.69, 9.17) is 9.15 Å². The fraction of sp³-hybridized carbons (Fsp3) is 0.389. The third-order valence-electron chi connectivity index (χ3n) is 3.68. The second-order valence-electron chi connectivity index (χ2n) is 5.67. The molecule has 0 aliphatic carbocycles. The molecule has 7 heteroatoms. The number of carboxylic acid groups (broad SMARTS) is 1. The van der Waals surface area contributed by atoms with Gasteiger partial charge in [0.2, 0.25) is 5.76 Å². The third-order valence-corrected chi connectivity index (χ3v) is 3.68. The van der Waals surface area contributed by atoms with Crippen LogP contribution in [0.3, 0.4) is 0 Å². The van der Waals surface area contributed by atoms with Crippen molar-refractivity contribution in [3.05, 3.63) is 47.2 Å². The Morgan fingerprint density at radius 1 is 1.28 bits per heavy atom. The predicted octanol–water partition coefficient (Wildman–Crippen LogP) is 2.36. The summed E-state index contributed by atoms with van der Waals surface area (Å²) < 4.78 is 10.6. The standard InChI is InChI=1S/C18H22N2O5/c1-4-24-15-7-5-13(6-8-15)9-14(18(22)23)10-19-17(21)16-11(2)20-12(3)25-16/h5-8,14H,4,9-10H2,1-3H3,(H,19,21)(H,22,23). The number of aryl methyl sites for hydroxylation is 2. The molecule has 0 fully saturated rings. The van der Waals surface area contributed by atoms with E-state index in [0.717, 1.165) is 11.3 Å². The van der Waals surface area contributed by atoms with E-state index in [1.807, 2.05) is 19.1 Å². The van der Waals surface area contributed by atoms with Gasteiger partial charge >= 0.3 is 5.97 Å². The molecule has 0 aliphatic heterocycles. The van der Waals surface area contributed by atoms with Crippen molar-refractivity contribution in [2.45, 2.75) is 27.2 Å². The summed E-state index contributed by atoms with van der Waals surface area (Å²) in [5, 5.41) is 12.0. The van der Waals surface area contributed by atoms with Gasteiger partial charge in [-0.1, -0.05) is 12.1 Å². The van der Waals surface area contributed by atoms with E-state index in [1.54, 1.807) is 26.0 Å². The first-order valence-electron chi connectivity index (χ1n) is 8.07. The number of carboxylic acids is 1. The van der Waals surface area contributed by atoms with Crippen LogP contribution in [0.15, 0.2) is 28.7 Å². The molecule has 25 heavy (non-hydrogen) atoms. The van der Waals surface area contributed by atoms with Gasteiger partial charge in [-0.2, -0.15) is 0 Å². The highest BCUT2D eigenvalue weighted by Gasteiger charge is 2.22. The summed E-state index contributed by atoms with van der Waals surface area (Å²) in [6, 6.07) is 7.26. The maximum Gasteiger partial charge on any atom is 0.308 e. The molecule has 1 amide bonds. The van der Waals surface area contributed by atoms with E-state index in [0.29, 0.717) is 24.6 Å². The smallest absolute Gasteiger partial charge is 0.308 e. The molecule has 1 aromatic heterocycles. The molecule has 0 radical (unpaired) electrons. The molecule has 0 saturated heterocycles. The number of carbonyl (C=O) groups is 2. The van der Waals surface area contributed by atoms with Gasteiger partial charge in [-0.3, -0.25) is 9.59 Å². The first kappa shape index (κ1) is 18.5. The van der Waals surface area contributed by atoms with E-state index >= 15 is 0 Å². The number of carbonyl (C=O) groups excluding carboxylic acids is 1. The molecule has 0 saturated carbocycles. The fourth-order valence-corrected chi connectivity index (χ4v) is 2.46. The lowest BCUT2D eigenvalue weighted by Crippen LogP contribution is -2.34. The molecule has 7 nitrogen and oxygen atoms in total. The quantitative estimate of drug-likeness (QED) is 0.761. The number of amides is 1. The van der Waals surface area contributed by atoms with Crippen LogP contribution in [0.5, 0.6) is 5.75 Å². The first-order chi connectivity index (χ1) is 11.9. The van der Waals surface area contributed by atoms with E-state index in [9.17, 15) is 14.7 Å². The van der Waals surface area contributed by atoms with Crippen molar-refractivity contribution in [2.75, 3.05) is 13.2 Å². The molecule has 0 bridgehead atoms. The van der Waals surface area contributed by atoms with Gasteiger partial charge in [-0.05, 0) is 38.0 Å². The van der Waals surface area contributed by atoms with Gasteiger partial charge < -0.3 is 19.6 Å². The van der Waals surface area contributed by atoms with Crippen LogP contribution in [0.4, 0.5) is 0 Å². The highest BCUT2D eigenvalue weighted by Crippen LogP contribution is 2.16. The van der Waals surface area contributed by atoms with Gasteiger partial charge in [0.05, 0.1) is 18.2 Å². The zero-order chi connectivity index (χ0) is 18.4. The van der Waals surface area contributed by atoms with Gasteiger partial charge in [0.25, 0.3) is 5.91 Å². The van der Waals surface area contributed by atoms with E-state index in [-0.39, 0.29) is 12.3 Å². The minimum atomic E-state index is -0.973. The maximum absolute atomic E-state index is 12.1. The van der Waals surface area contributed by atoms with Crippen molar-refractivity contribution >= 4 is 11.9 Å². The average molecular weight is 346 g/mol. The number of hydrogen-bond donors (Lipinski definition) is 2. The summed E-state index contributed by atoms with van der Waals surface area (Å²) in [5.41, 5.74) is 1.34. The highest BCUT2D eigenvalue weighted by molar-refractivity contribution is 5.92. The number of benzene rings is 1. The van der Waals surface area contributed by atoms with Gasteiger partial charge in [-0.15, -0.1) is 0 Å². The van der Waals surface area contributed by atoms with Crippen LogP contribution in [-0.4, -0.2) is 35.1 Å². The van der Waals surface area contributed by atoms with E-state index in [1.165, 1.54) is 0 Å². The van der Waals surface area contributed by atoms with Crippen LogP contribution in [0, 0.1) is 19.8 Å². The lowest BCUT2D eigenvalue weighted by atomic mass is 9.99. The molecule has 2 rings (SSSR count). The molecule has 0 aliphatic rings. The van der Waals surface area contributed by atoms with Crippen molar-refractivity contribution in [1.82, 2.24) is 10.3 Å². The molecule has 2 N–H and O–H groups in total. The normalized spacial score (nSPS) is 11.8. The van der Waals surface area contributed by atoms with E-state index < -0.39 is 17.8 Å². The predicted molar refractivity (Wildman–Crippen MR) is 90.8 cm³/mol. The number of aliphatic carboxylic acids is 1. The van der Waals surface area contributed by atoms with Crippen molar-refractivity contribution < 1.29 is 23.8 Å². The Kier molecular flexibility index (Phi) is 6.16. The Balaban J connectivity index is 1.97. The van der Waals surface area contributed by atoms with E-state index in [2.05, 4.69) is 10.3 Å². The molecule has 2 aromatic rings. The number of nitrogens with one attached hydrogen (secondary N) is 1. The summed E-state index contributed by atoms with van der Waals surface area (Å²) in [7, 11) is 0. The molecule has 1 aromatic carbocycles. The van der Waals surface area contributed by atoms with Crippen molar-refractivity contribution in [2.24, 2.45) is 5.92 Å². The minimum absolute atomic E-state index is 0.000561. The van der Waals surface area contributed by atoms with Crippen molar-refractivity contribution in [3.8, 4) is 5.75 Å². The number of nitrogens with zero attached hydrogens (tertiary/aromatic N) is 1. The van der Waals surface area contributed by atoms with Gasteiger partial charge in [0.15, 0.2) is 5.89 Å². The zero-order valence-electron chi connectivity index (χ0n) is 14.5. The molecule has 1 atom stereocenters. The largest absolute Gasteiger partial charge is 0.494 e. The summed E-state index contributed by atoms with van der Waals surface area (Å²) in [5.74, 6) is -0.931. The molecule has 1 unspecified atom stereocenters. The van der Waals surface area contributed by atoms with Crippen LogP contribution in [0.25, 0.3) is 0 Å². The zero-order valence-corrected chi connectivity index (χ0v) is 14.5. The number of rotatable bonds is 8. The van der Waals surface area contributed by atoms with Gasteiger partial charge in [-0.25, -0.2) is 4.98 Å². The molecule has 134 valence electrons. The second kappa shape index (κ2) is 8.32. The fourth-order valence-electron chi connectivity index (χ4n) is 2.46. The second-order valence-corrected chi connectivity index (χ2v) is 5.67. The van der Waals surface area contributed by atoms with Crippen molar-refractivity contribution in [1.29, 1.82) is 0 Å². The van der Waals surface area contributed by atoms with Gasteiger partial charge in [0.1, 0.15) is 5.75 Å². The van der Waals surface area contributed by atoms with Crippen LogP contribution in [0.1, 0.15) is 34.6 Å². The Bertz CT molecular complexity index is 736. The maximum atomic E-state index is 12.1. The number of hydrogen-bond acceptors (Lipinski definition) is 5. The highest BCUT2D eigenvalue weighted by atomic mass is 16.5. The Morgan fingerprint density at radius 2 is 1.96 bits per heavy atom. The monoisotopic (exact) mass is 346 g/mol. The number of oxazole rings is 1. The Labute approximate surface area is 146 Å². The number of aromatic nitrogens is 1. The van der Waals surface area contributed by atoms with Crippen LogP contribution in [-0.2, 0) is 11.2 Å². The SMILES string of the molecule is CCOc1ccc(CC(CNC(=O)c2oc(C)nc2C)C(=O)O)cc1. The summed E-state index contributed by atoms with van der Waals surface area (Å²) in [6.07, 6.45) is 0.302. The summed E-state index contributed by atoms with van der Waals surface area (Å²) in [6.45, 7) is 5.79.